The van der Waals surface area contributed by atoms with E-state index < -0.39 is 0 Å². The van der Waals surface area contributed by atoms with E-state index in [1.54, 1.807) is 18.9 Å². The van der Waals surface area contributed by atoms with Gasteiger partial charge in [0, 0.05) is 5.75 Å². The van der Waals surface area contributed by atoms with E-state index in [1.165, 1.54) is 11.1 Å². The van der Waals surface area contributed by atoms with Crippen molar-refractivity contribution in [1.82, 2.24) is 5.32 Å². The van der Waals surface area contributed by atoms with Crippen LogP contribution in [0.1, 0.15) is 37.4 Å². The van der Waals surface area contributed by atoms with Crippen molar-refractivity contribution in [3.8, 4) is 5.75 Å². The predicted molar refractivity (Wildman–Crippen MR) is 106 cm³/mol. The standard InChI is InChI=1S/C21H27NO2S/c1-16(2)13-20(18-7-5-4-6-8-18)22-21(23)15-25-14-17-9-11-19(24-3)12-10-17/h4-12,16,20H,13-15H2,1-3H3,(H,22,23)/t20-/m1/s1. The number of ether oxygens (including phenoxy) is 1. The Balaban J connectivity index is 1.83. The van der Waals surface area contributed by atoms with Crippen molar-refractivity contribution in [2.45, 2.75) is 32.1 Å². The van der Waals surface area contributed by atoms with Gasteiger partial charge in [0.1, 0.15) is 5.75 Å². The van der Waals surface area contributed by atoms with E-state index in [9.17, 15) is 4.79 Å². The minimum Gasteiger partial charge on any atom is -0.497 e. The lowest BCUT2D eigenvalue weighted by atomic mass is 9.97. The van der Waals surface area contributed by atoms with Crippen LogP contribution in [-0.4, -0.2) is 18.8 Å². The van der Waals surface area contributed by atoms with Gasteiger partial charge in [0.15, 0.2) is 0 Å². The number of methoxy groups -OCH3 is 1. The fourth-order valence-corrected chi connectivity index (χ4v) is 3.45. The Labute approximate surface area is 155 Å². The molecule has 2 aromatic carbocycles. The molecule has 0 saturated carbocycles. The zero-order chi connectivity index (χ0) is 18.1. The minimum atomic E-state index is 0.0790. The number of nitrogens with one attached hydrogen (secondary N) is 1. The van der Waals surface area contributed by atoms with E-state index in [0.29, 0.717) is 11.7 Å². The summed E-state index contributed by atoms with van der Waals surface area (Å²) in [5, 5.41) is 3.19. The molecule has 0 aliphatic rings. The van der Waals surface area contributed by atoms with Crippen LogP contribution in [-0.2, 0) is 10.5 Å². The monoisotopic (exact) mass is 357 g/mol. The molecule has 0 aliphatic carbocycles. The summed E-state index contributed by atoms with van der Waals surface area (Å²) in [6.07, 6.45) is 0.943. The maximum absolute atomic E-state index is 12.3. The van der Waals surface area contributed by atoms with Gasteiger partial charge in [-0.3, -0.25) is 4.79 Å². The fourth-order valence-electron chi connectivity index (χ4n) is 2.65. The van der Waals surface area contributed by atoms with Gasteiger partial charge in [0.05, 0.1) is 18.9 Å². The Morgan fingerprint density at radius 2 is 1.76 bits per heavy atom. The summed E-state index contributed by atoms with van der Waals surface area (Å²) < 4.78 is 5.16. The molecule has 0 aliphatic heterocycles. The average Bonchev–Trinajstić information content (AvgIpc) is 2.62. The molecule has 2 rings (SSSR count). The quantitative estimate of drug-likeness (QED) is 0.698. The van der Waals surface area contributed by atoms with Gasteiger partial charge < -0.3 is 10.1 Å². The SMILES string of the molecule is COc1ccc(CSCC(=O)N[C@H](CC(C)C)c2ccccc2)cc1. The minimum absolute atomic E-state index is 0.0790. The highest BCUT2D eigenvalue weighted by molar-refractivity contribution is 7.99. The summed E-state index contributed by atoms with van der Waals surface area (Å²) >= 11 is 1.63. The van der Waals surface area contributed by atoms with Gasteiger partial charge in [0.25, 0.3) is 0 Å². The molecule has 1 N–H and O–H groups in total. The second-order valence-electron chi connectivity index (χ2n) is 6.50. The highest BCUT2D eigenvalue weighted by atomic mass is 32.2. The van der Waals surface area contributed by atoms with Crippen LogP contribution in [0, 0.1) is 5.92 Å². The van der Waals surface area contributed by atoms with Crippen molar-refractivity contribution in [3.63, 3.8) is 0 Å². The molecule has 1 atom stereocenters. The van der Waals surface area contributed by atoms with E-state index >= 15 is 0 Å². The Kier molecular flexibility index (Phi) is 7.86. The van der Waals surface area contributed by atoms with Crippen molar-refractivity contribution in [3.05, 3.63) is 65.7 Å². The second-order valence-corrected chi connectivity index (χ2v) is 7.49. The van der Waals surface area contributed by atoms with Gasteiger partial charge in [-0.15, -0.1) is 11.8 Å². The summed E-state index contributed by atoms with van der Waals surface area (Å²) in [4.78, 5) is 12.3. The largest absolute Gasteiger partial charge is 0.497 e. The molecule has 0 saturated heterocycles. The van der Waals surface area contributed by atoms with Gasteiger partial charge >= 0.3 is 0 Å². The third-order valence-electron chi connectivity index (χ3n) is 3.91. The van der Waals surface area contributed by atoms with Crippen LogP contribution < -0.4 is 10.1 Å². The number of benzene rings is 2. The zero-order valence-electron chi connectivity index (χ0n) is 15.2. The summed E-state index contributed by atoms with van der Waals surface area (Å²) in [7, 11) is 1.66. The van der Waals surface area contributed by atoms with Gasteiger partial charge in [-0.1, -0.05) is 56.3 Å². The van der Waals surface area contributed by atoms with Crippen LogP contribution in [0.5, 0.6) is 5.75 Å². The van der Waals surface area contributed by atoms with E-state index in [2.05, 4.69) is 31.3 Å². The number of carbonyl (C=O) groups is 1. The molecule has 134 valence electrons. The average molecular weight is 358 g/mol. The maximum Gasteiger partial charge on any atom is 0.230 e. The highest BCUT2D eigenvalue weighted by Gasteiger charge is 2.15. The van der Waals surface area contributed by atoms with Crippen LogP contribution in [0.4, 0.5) is 0 Å². The first-order valence-electron chi connectivity index (χ1n) is 8.63. The van der Waals surface area contributed by atoms with Crippen molar-refractivity contribution in [2.75, 3.05) is 12.9 Å². The van der Waals surface area contributed by atoms with Gasteiger partial charge in [-0.05, 0) is 35.6 Å². The first kappa shape index (κ1) is 19.4. The highest BCUT2D eigenvalue weighted by Crippen LogP contribution is 2.22. The third kappa shape index (κ3) is 6.83. The summed E-state index contributed by atoms with van der Waals surface area (Å²) in [5.74, 6) is 2.75. The lowest BCUT2D eigenvalue weighted by Crippen LogP contribution is -2.30. The molecule has 0 spiro atoms. The fraction of sp³-hybridized carbons (Fsp3) is 0.381. The number of rotatable bonds is 9. The molecule has 0 unspecified atom stereocenters. The van der Waals surface area contributed by atoms with Crippen LogP contribution in [0.25, 0.3) is 0 Å². The van der Waals surface area contributed by atoms with Crippen molar-refractivity contribution in [2.24, 2.45) is 5.92 Å². The van der Waals surface area contributed by atoms with Crippen molar-refractivity contribution in [1.29, 1.82) is 0 Å². The number of hydrogen-bond donors (Lipinski definition) is 1. The normalized spacial score (nSPS) is 12.0. The Morgan fingerprint density at radius 1 is 1.08 bits per heavy atom. The zero-order valence-corrected chi connectivity index (χ0v) is 16.0. The predicted octanol–water partition coefficient (Wildman–Crippen LogP) is 4.83. The number of hydrogen-bond acceptors (Lipinski definition) is 3. The first-order valence-corrected chi connectivity index (χ1v) is 9.79. The number of carbonyl (C=O) groups excluding carboxylic acids is 1. The molecule has 0 heterocycles. The molecule has 4 heteroatoms. The molecule has 2 aromatic rings. The van der Waals surface area contributed by atoms with Crippen LogP contribution >= 0.6 is 11.8 Å². The Morgan fingerprint density at radius 3 is 2.36 bits per heavy atom. The lowest BCUT2D eigenvalue weighted by molar-refractivity contribution is -0.119. The van der Waals surface area contributed by atoms with Gasteiger partial charge in [-0.2, -0.15) is 0 Å². The molecular weight excluding hydrogens is 330 g/mol. The van der Waals surface area contributed by atoms with E-state index in [1.807, 2.05) is 42.5 Å². The van der Waals surface area contributed by atoms with Crippen LogP contribution in [0.2, 0.25) is 0 Å². The lowest BCUT2D eigenvalue weighted by Gasteiger charge is -2.21. The van der Waals surface area contributed by atoms with E-state index in [4.69, 9.17) is 4.74 Å². The van der Waals surface area contributed by atoms with E-state index in [0.717, 1.165) is 17.9 Å². The summed E-state index contributed by atoms with van der Waals surface area (Å²) in [6.45, 7) is 4.36. The molecule has 0 bridgehead atoms. The molecule has 25 heavy (non-hydrogen) atoms. The molecular formula is C21H27NO2S. The van der Waals surface area contributed by atoms with Crippen LogP contribution in [0.15, 0.2) is 54.6 Å². The Hall–Kier alpha value is -1.94. The van der Waals surface area contributed by atoms with Crippen molar-refractivity contribution >= 4 is 17.7 Å². The summed E-state index contributed by atoms with van der Waals surface area (Å²) in [5.41, 5.74) is 2.37. The molecule has 0 radical (unpaired) electrons. The smallest absolute Gasteiger partial charge is 0.230 e. The number of thioether (sulfide) groups is 1. The van der Waals surface area contributed by atoms with Gasteiger partial charge in [0.2, 0.25) is 5.91 Å². The van der Waals surface area contributed by atoms with Crippen LogP contribution in [0.3, 0.4) is 0 Å². The third-order valence-corrected chi connectivity index (χ3v) is 4.91. The summed E-state index contributed by atoms with van der Waals surface area (Å²) in [6, 6.07) is 18.3. The molecule has 0 fully saturated rings. The Bertz CT molecular complexity index is 641. The molecule has 1 amide bonds. The molecule has 3 nitrogen and oxygen atoms in total. The van der Waals surface area contributed by atoms with Gasteiger partial charge in [-0.25, -0.2) is 0 Å². The topological polar surface area (TPSA) is 38.3 Å². The first-order chi connectivity index (χ1) is 12.1. The second kappa shape index (κ2) is 10.1. The molecule has 0 aromatic heterocycles. The van der Waals surface area contributed by atoms with E-state index in [-0.39, 0.29) is 11.9 Å². The number of amides is 1. The van der Waals surface area contributed by atoms with Crippen molar-refractivity contribution < 1.29 is 9.53 Å². The maximum atomic E-state index is 12.3.